The average molecular weight is 1130 g/mol. The minimum absolute atomic E-state index is 0.479. The number of benzene rings is 13. The summed E-state index contributed by atoms with van der Waals surface area (Å²) in [6.07, 6.45) is 1.79. The molecule has 1 aliphatic carbocycles. The van der Waals surface area contributed by atoms with E-state index in [1.165, 1.54) is 22.3 Å². The predicted molar refractivity (Wildman–Crippen MR) is 362 cm³/mol. The molecule has 0 N–H and O–H groups in total. The van der Waals surface area contributed by atoms with Crippen molar-refractivity contribution in [3.63, 3.8) is 0 Å². The lowest BCUT2D eigenvalue weighted by Crippen LogP contribution is -2.36. The molecule has 3 heterocycles. The van der Waals surface area contributed by atoms with Crippen LogP contribution < -0.4 is 14.7 Å². The van der Waals surface area contributed by atoms with Crippen molar-refractivity contribution in [2.24, 2.45) is 0 Å². The zero-order valence-electron chi connectivity index (χ0n) is 48.3. The van der Waals surface area contributed by atoms with E-state index in [2.05, 4.69) is 275 Å². The van der Waals surface area contributed by atoms with Crippen LogP contribution in [0.5, 0.6) is 0 Å². The molecule has 7 nitrogen and oxygen atoms in total. The Morgan fingerprint density at radius 3 is 1.16 bits per heavy atom. The van der Waals surface area contributed by atoms with Crippen molar-refractivity contribution in [3.05, 3.63) is 317 Å². The standard InChI is InChI=1S/C81H53N5O2/c1-5-50-40-44-53(45-41-50)85(71-38-20-30-61-59-28-18-34-67(82-3)77(59)87-79(61)71)73-48-65-75(57-26-12-10-24-55(57)73)76-58-27-13-11-25-56(58)74(49-66(76)81(65)63-32-14-16-36-69(63)84(52-22-8-7-9-23-52)70-37-17-15-33-64(70)81)86(54-46-42-51(6-2)43-47-54)72-39-21-31-62-60-29-19-35-68(83-4)78(60)88-80(62)72/h7-49H,5-6H2,1-2H3. The first kappa shape index (κ1) is 50.8. The van der Waals surface area contributed by atoms with Crippen LogP contribution in [0.1, 0.15) is 47.2 Å². The average Bonchev–Trinajstić information content (AvgIpc) is 1.44. The van der Waals surface area contributed by atoms with Crippen molar-refractivity contribution in [1.82, 2.24) is 0 Å². The molecule has 15 aromatic rings. The van der Waals surface area contributed by atoms with Crippen molar-refractivity contribution in [1.29, 1.82) is 0 Å². The van der Waals surface area contributed by atoms with Crippen LogP contribution >= 0.6 is 0 Å². The molecule has 414 valence electrons. The summed E-state index contributed by atoms with van der Waals surface area (Å²) in [5, 5.41) is 8.06. The summed E-state index contributed by atoms with van der Waals surface area (Å²) in [5.41, 5.74) is 20.9. The number of para-hydroxylation sites is 7. The second kappa shape index (κ2) is 19.7. The lowest BCUT2D eigenvalue weighted by molar-refractivity contribution is 0.670. The van der Waals surface area contributed by atoms with Gasteiger partial charge in [0, 0.05) is 49.4 Å². The molecule has 2 aromatic heterocycles. The summed E-state index contributed by atoms with van der Waals surface area (Å²) >= 11 is 0. The number of anilines is 9. The van der Waals surface area contributed by atoms with E-state index in [4.69, 9.17) is 22.0 Å². The summed E-state index contributed by atoms with van der Waals surface area (Å²) in [6.45, 7) is 20.8. The van der Waals surface area contributed by atoms with E-state index in [1.807, 2.05) is 24.3 Å². The molecule has 0 bridgehead atoms. The Kier molecular flexibility index (Phi) is 11.4. The molecule has 2 aliphatic rings. The Hall–Kier alpha value is -11.6. The molecule has 1 aliphatic heterocycles. The van der Waals surface area contributed by atoms with Gasteiger partial charge in [0.05, 0.1) is 52.7 Å². The maximum Gasteiger partial charge on any atom is 0.229 e. The first-order valence-corrected chi connectivity index (χ1v) is 30.1. The van der Waals surface area contributed by atoms with Gasteiger partial charge in [-0.1, -0.05) is 202 Å². The summed E-state index contributed by atoms with van der Waals surface area (Å²) in [6, 6.07) is 94.2. The largest absolute Gasteiger partial charge is 0.465 e. The molecule has 88 heavy (non-hydrogen) atoms. The fourth-order valence-corrected chi connectivity index (χ4v) is 14.7. The molecule has 17 rings (SSSR count). The van der Waals surface area contributed by atoms with Crippen molar-refractivity contribution < 1.29 is 8.83 Å². The second-order valence-electron chi connectivity index (χ2n) is 22.9. The van der Waals surface area contributed by atoms with Gasteiger partial charge in [-0.15, -0.1) is 0 Å². The van der Waals surface area contributed by atoms with Gasteiger partial charge in [0.25, 0.3) is 0 Å². The number of hydrogen-bond donors (Lipinski definition) is 0. The molecule has 0 saturated heterocycles. The van der Waals surface area contributed by atoms with Crippen LogP contribution in [-0.4, -0.2) is 0 Å². The normalized spacial score (nSPS) is 12.8. The van der Waals surface area contributed by atoms with Gasteiger partial charge in [-0.2, -0.15) is 0 Å². The Morgan fingerprint density at radius 1 is 0.352 bits per heavy atom. The maximum absolute atomic E-state index is 8.21. The van der Waals surface area contributed by atoms with Gasteiger partial charge in [0.1, 0.15) is 11.2 Å². The number of nitrogens with zero attached hydrogens (tertiary/aromatic N) is 5. The van der Waals surface area contributed by atoms with Gasteiger partial charge in [0.15, 0.2) is 11.2 Å². The Balaban J connectivity index is 1.04. The number of hydrogen-bond acceptors (Lipinski definition) is 5. The van der Waals surface area contributed by atoms with Gasteiger partial charge >= 0.3 is 0 Å². The van der Waals surface area contributed by atoms with Crippen molar-refractivity contribution in [2.75, 3.05) is 14.7 Å². The molecule has 0 atom stereocenters. The second-order valence-corrected chi connectivity index (χ2v) is 22.9. The first-order chi connectivity index (χ1) is 43.5. The highest BCUT2D eigenvalue weighted by atomic mass is 16.3. The number of furan rings is 2. The van der Waals surface area contributed by atoms with E-state index < -0.39 is 5.41 Å². The van der Waals surface area contributed by atoms with Crippen LogP contribution in [0.25, 0.3) is 86.2 Å². The van der Waals surface area contributed by atoms with Gasteiger partial charge in [-0.3, -0.25) is 0 Å². The molecule has 7 heteroatoms. The van der Waals surface area contributed by atoms with Gasteiger partial charge in [-0.25, -0.2) is 9.69 Å². The third-order valence-corrected chi connectivity index (χ3v) is 18.6. The fourth-order valence-electron chi connectivity index (χ4n) is 14.7. The van der Waals surface area contributed by atoms with Crippen LogP contribution in [0.3, 0.4) is 0 Å². The lowest BCUT2D eigenvalue weighted by atomic mass is 9.64. The minimum atomic E-state index is -0.956. The summed E-state index contributed by atoms with van der Waals surface area (Å²) in [7, 11) is 0. The zero-order chi connectivity index (χ0) is 58.8. The monoisotopic (exact) mass is 1130 g/mol. The van der Waals surface area contributed by atoms with E-state index in [1.54, 1.807) is 0 Å². The smallest absolute Gasteiger partial charge is 0.229 e. The number of rotatable bonds is 9. The quantitative estimate of drug-likeness (QED) is 0.135. The Labute approximate surface area is 509 Å². The summed E-state index contributed by atoms with van der Waals surface area (Å²) < 4.78 is 14.1. The highest BCUT2D eigenvalue weighted by Gasteiger charge is 2.54. The maximum atomic E-state index is 8.21. The van der Waals surface area contributed by atoms with E-state index in [-0.39, 0.29) is 0 Å². The highest BCUT2D eigenvalue weighted by molar-refractivity contribution is 6.21. The highest BCUT2D eigenvalue weighted by Crippen LogP contribution is 2.67. The summed E-state index contributed by atoms with van der Waals surface area (Å²) in [4.78, 5) is 15.1. The van der Waals surface area contributed by atoms with Crippen LogP contribution in [0.4, 0.5) is 62.6 Å². The van der Waals surface area contributed by atoms with E-state index in [0.29, 0.717) is 33.7 Å². The van der Waals surface area contributed by atoms with Crippen molar-refractivity contribution in [3.8, 4) is 11.1 Å². The molecule has 0 unspecified atom stereocenters. The SMILES string of the molecule is [C-]#[N+]c1cccc2c1oc1c(N(c3ccc(CC)cc3)c3cc4c(c5ccccc35)-c3c(cc(N(c5ccc(CC)cc5)c5cccc6c5oc5c([N+]#[C-])cccc56)c5ccccc35)C43c4ccccc4N(c4ccccc4)c4ccccc43)cccc12. The van der Waals surface area contributed by atoms with Gasteiger partial charge in [0.2, 0.25) is 11.4 Å². The molecular weight excluding hydrogens is 1070 g/mol. The third kappa shape index (κ3) is 7.16. The molecule has 0 amide bonds. The van der Waals surface area contributed by atoms with Crippen LogP contribution in [0.2, 0.25) is 0 Å². The number of fused-ring (bicyclic) bond motifs is 19. The number of aryl methyl sites for hydroxylation is 2. The topological polar surface area (TPSA) is 44.7 Å². The Morgan fingerprint density at radius 2 is 0.727 bits per heavy atom. The first-order valence-electron chi connectivity index (χ1n) is 30.1. The Bertz CT molecular complexity index is 5150. The summed E-state index contributed by atoms with van der Waals surface area (Å²) in [5.74, 6) is 0. The fraction of sp³-hybridized carbons (Fsp3) is 0.0617. The van der Waals surface area contributed by atoms with Crippen LogP contribution in [0, 0.1) is 13.1 Å². The molecule has 13 aromatic carbocycles. The van der Waals surface area contributed by atoms with Gasteiger partial charge in [-0.05, 0) is 141 Å². The lowest BCUT2D eigenvalue weighted by Gasteiger charge is -2.45. The molecular formula is C81H53N5O2. The zero-order valence-corrected chi connectivity index (χ0v) is 48.3. The predicted octanol–water partition coefficient (Wildman–Crippen LogP) is 23.1. The van der Waals surface area contributed by atoms with Crippen LogP contribution in [-0.2, 0) is 18.3 Å². The third-order valence-electron chi connectivity index (χ3n) is 18.6. The molecule has 0 saturated carbocycles. The van der Waals surface area contributed by atoms with E-state index >= 15 is 0 Å². The molecule has 0 fully saturated rings. The van der Waals surface area contributed by atoms with E-state index in [9.17, 15) is 0 Å². The van der Waals surface area contributed by atoms with Crippen molar-refractivity contribution >= 4 is 128 Å². The van der Waals surface area contributed by atoms with Gasteiger partial charge < -0.3 is 23.5 Å². The van der Waals surface area contributed by atoms with Crippen molar-refractivity contribution in [2.45, 2.75) is 32.1 Å². The molecule has 0 radical (unpaired) electrons. The minimum Gasteiger partial charge on any atom is -0.465 e. The molecule has 1 spiro atoms. The van der Waals surface area contributed by atoms with E-state index in [0.717, 1.165) is 129 Å². The van der Waals surface area contributed by atoms with Crippen LogP contribution in [0.15, 0.2) is 270 Å².